The van der Waals surface area contributed by atoms with E-state index in [0.717, 1.165) is 17.2 Å². The summed E-state index contributed by atoms with van der Waals surface area (Å²) >= 11 is 0. The minimum atomic E-state index is -4.51. The Morgan fingerprint density at radius 1 is 1.14 bits per heavy atom. The van der Waals surface area contributed by atoms with Crippen molar-refractivity contribution >= 4 is 22.9 Å². The first-order valence-corrected chi connectivity index (χ1v) is 11.1. The summed E-state index contributed by atoms with van der Waals surface area (Å²) < 4.78 is 45.2. The predicted octanol–water partition coefficient (Wildman–Crippen LogP) is 6.08. The summed E-state index contributed by atoms with van der Waals surface area (Å²) in [6, 6.07) is 3.65. The maximum atomic E-state index is 13.2. The number of fused-ring (bicyclic) bond motifs is 1. The van der Waals surface area contributed by atoms with Crippen LogP contribution in [0.2, 0.25) is 0 Å². The first-order chi connectivity index (χ1) is 16.8. The minimum Gasteiger partial charge on any atom is -0.494 e. The summed E-state index contributed by atoms with van der Waals surface area (Å²) in [5.74, 6) is 1.54. The molecule has 1 aromatic carbocycles. The number of methoxy groups -OCH3 is 1. The summed E-state index contributed by atoms with van der Waals surface area (Å²) in [7, 11) is 1.54. The number of nitrogens with one attached hydrogen (secondary N) is 1. The molecule has 0 radical (unpaired) electrons. The lowest BCUT2D eigenvalue weighted by Gasteiger charge is -2.13. The Morgan fingerprint density at radius 3 is 2.51 bits per heavy atom. The van der Waals surface area contributed by atoms with Crippen molar-refractivity contribution in [1.29, 1.82) is 0 Å². The number of aliphatic imine (C=N–C) groups is 1. The van der Waals surface area contributed by atoms with Gasteiger partial charge in [0.05, 0.1) is 7.11 Å². The van der Waals surface area contributed by atoms with E-state index in [2.05, 4.69) is 30.2 Å². The number of alkyl halides is 3. The van der Waals surface area contributed by atoms with Crippen LogP contribution in [0.5, 0.6) is 5.75 Å². The van der Waals surface area contributed by atoms with Crippen LogP contribution in [0, 0.1) is 6.92 Å². The van der Waals surface area contributed by atoms with Gasteiger partial charge in [0, 0.05) is 36.1 Å². The van der Waals surface area contributed by atoms with Crippen LogP contribution in [0.3, 0.4) is 0 Å². The number of hydrogen-bond acceptors (Lipinski definition) is 7. The average molecular weight is 485 g/mol. The van der Waals surface area contributed by atoms with Crippen LogP contribution in [0.15, 0.2) is 59.3 Å². The molecule has 0 bridgehead atoms. The van der Waals surface area contributed by atoms with Gasteiger partial charge in [-0.15, -0.1) is 0 Å². The zero-order chi connectivity index (χ0) is 25.4. The highest BCUT2D eigenvalue weighted by Crippen LogP contribution is 2.33. The summed E-state index contributed by atoms with van der Waals surface area (Å²) in [4.78, 5) is 21.1. The molecule has 2 heterocycles. The van der Waals surface area contributed by atoms with Crippen LogP contribution < -0.4 is 10.1 Å². The Bertz CT molecular complexity index is 1250. The summed E-state index contributed by atoms with van der Waals surface area (Å²) in [5, 5.41) is 3.84. The highest BCUT2D eigenvalue weighted by Gasteiger charge is 2.33. The number of rotatable bonds is 9. The molecule has 0 aliphatic rings. The van der Waals surface area contributed by atoms with Crippen LogP contribution in [-0.2, 0) is 0 Å². The Hall–Kier alpha value is -3.82. The molecule has 0 saturated carbocycles. The highest BCUT2D eigenvalue weighted by atomic mass is 19.4. The van der Waals surface area contributed by atoms with Crippen LogP contribution in [0.4, 0.5) is 19.0 Å². The van der Waals surface area contributed by atoms with Crippen LogP contribution >= 0.6 is 0 Å². The highest BCUT2D eigenvalue weighted by molar-refractivity contribution is 5.96. The van der Waals surface area contributed by atoms with Crippen molar-refractivity contribution in [1.82, 2.24) is 19.9 Å². The SMILES string of the molecule is C\C=C(/C=N/C(=C/CCC)C(F)(F)F)CNc1ncnc2c(OC)cc(-c3ncc(C)cn3)cc12. The van der Waals surface area contributed by atoms with E-state index in [1.54, 1.807) is 38.6 Å². The molecule has 0 fully saturated rings. The van der Waals surface area contributed by atoms with E-state index in [-0.39, 0.29) is 6.54 Å². The number of ether oxygens (including phenoxy) is 1. The van der Waals surface area contributed by atoms with E-state index in [1.807, 2.05) is 19.9 Å². The fourth-order valence-corrected chi connectivity index (χ4v) is 3.19. The molecule has 0 unspecified atom stereocenters. The van der Waals surface area contributed by atoms with Crippen molar-refractivity contribution in [3.05, 3.63) is 59.8 Å². The number of unbranched alkanes of at least 4 members (excludes halogenated alkanes) is 1. The summed E-state index contributed by atoms with van der Waals surface area (Å²) in [6.45, 7) is 5.66. The van der Waals surface area contributed by atoms with E-state index in [0.29, 0.717) is 46.7 Å². The number of nitrogens with zero attached hydrogens (tertiary/aromatic N) is 5. The number of anilines is 1. The fourth-order valence-electron chi connectivity index (χ4n) is 3.19. The van der Waals surface area contributed by atoms with Crippen LogP contribution in [-0.4, -0.2) is 46.0 Å². The third kappa shape index (κ3) is 6.62. The quantitative estimate of drug-likeness (QED) is 0.371. The smallest absolute Gasteiger partial charge is 0.433 e. The lowest BCUT2D eigenvalue weighted by Crippen LogP contribution is -2.12. The maximum Gasteiger partial charge on any atom is 0.433 e. The summed E-state index contributed by atoms with van der Waals surface area (Å²) in [6.07, 6.45) is 5.26. The van der Waals surface area contributed by atoms with E-state index >= 15 is 0 Å². The van der Waals surface area contributed by atoms with E-state index in [1.165, 1.54) is 12.5 Å². The topological polar surface area (TPSA) is 85.2 Å². The third-order valence-electron chi connectivity index (χ3n) is 5.08. The molecule has 0 atom stereocenters. The van der Waals surface area contributed by atoms with Crippen molar-refractivity contribution in [3.8, 4) is 17.1 Å². The monoisotopic (exact) mass is 484 g/mol. The first kappa shape index (κ1) is 25.8. The molecule has 35 heavy (non-hydrogen) atoms. The van der Waals surface area contributed by atoms with Gasteiger partial charge in [-0.25, -0.2) is 19.9 Å². The van der Waals surface area contributed by atoms with Gasteiger partial charge in [-0.2, -0.15) is 13.2 Å². The lowest BCUT2D eigenvalue weighted by molar-refractivity contribution is -0.0925. The third-order valence-corrected chi connectivity index (χ3v) is 5.08. The van der Waals surface area contributed by atoms with Gasteiger partial charge >= 0.3 is 6.18 Å². The standard InChI is InChI=1S/C25H27F3N6O/c1-5-7-8-21(25(26,27)28)29-13-17(6-2)14-32-24-19-9-18(23-30-11-16(3)12-31-23)10-20(35-4)22(19)33-15-34-24/h6,8-13,15H,5,7,14H2,1-4H3,(H,32,33,34)/b17-6+,21-8+,29-13+. The molecule has 0 amide bonds. The van der Waals surface area contributed by atoms with Crippen molar-refractivity contribution in [2.45, 2.75) is 39.8 Å². The van der Waals surface area contributed by atoms with Gasteiger partial charge in [0.25, 0.3) is 0 Å². The lowest BCUT2D eigenvalue weighted by atomic mass is 10.1. The predicted molar refractivity (Wildman–Crippen MR) is 132 cm³/mol. The molecular formula is C25H27F3N6O. The maximum absolute atomic E-state index is 13.2. The zero-order valence-electron chi connectivity index (χ0n) is 20.0. The van der Waals surface area contributed by atoms with Gasteiger partial charge in [0.2, 0.25) is 0 Å². The number of aryl methyl sites for hydroxylation is 1. The van der Waals surface area contributed by atoms with Crippen molar-refractivity contribution in [2.75, 3.05) is 19.0 Å². The fraction of sp³-hybridized carbons (Fsp3) is 0.320. The van der Waals surface area contributed by atoms with Crippen molar-refractivity contribution in [2.24, 2.45) is 4.99 Å². The number of hydrogen-bond donors (Lipinski definition) is 1. The molecular weight excluding hydrogens is 457 g/mol. The molecule has 1 N–H and O–H groups in total. The number of halogens is 3. The normalized spacial score (nSPS) is 13.0. The largest absolute Gasteiger partial charge is 0.494 e. The molecule has 0 saturated heterocycles. The van der Waals surface area contributed by atoms with E-state index < -0.39 is 11.9 Å². The van der Waals surface area contributed by atoms with Gasteiger partial charge in [0.15, 0.2) is 5.82 Å². The van der Waals surface area contributed by atoms with Crippen molar-refractivity contribution < 1.29 is 17.9 Å². The second kappa shape index (κ2) is 11.5. The van der Waals surface area contributed by atoms with E-state index in [4.69, 9.17) is 4.74 Å². The molecule has 0 spiro atoms. The molecule has 2 aromatic heterocycles. The van der Waals surface area contributed by atoms with Gasteiger partial charge < -0.3 is 10.1 Å². The molecule has 3 rings (SSSR count). The van der Waals surface area contributed by atoms with Crippen LogP contribution in [0.25, 0.3) is 22.3 Å². The Labute approximate surface area is 201 Å². The van der Waals surface area contributed by atoms with Crippen LogP contribution in [0.1, 0.15) is 32.3 Å². The molecule has 7 nitrogen and oxygen atoms in total. The first-order valence-electron chi connectivity index (χ1n) is 11.1. The Balaban J connectivity index is 1.90. The van der Waals surface area contributed by atoms with Gasteiger partial charge in [-0.05, 0) is 43.5 Å². The molecule has 184 valence electrons. The minimum absolute atomic E-state index is 0.207. The van der Waals surface area contributed by atoms with E-state index in [9.17, 15) is 13.2 Å². The Kier molecular flexibility index (Phi) is 8.51. The molecule has 10 heteroatoms. The summed E-state index contributed by atoms with van der Waals surface area (Å²) in [5.41, 5.74) is 1.90. The zero-order valence-corrected chi connectivity index (χ0v) is 20.0. The number of aromatic nitrogens is 4. The Morgan fingerprint density at radius 2 is 1.89 bits per heavy atom. The molecule has 0 aliphatic carbocycles. The van der Waals surface area contributed by atoms with Crippen molar-refractivity contribution in [3.63, 3.8) is 0 Å². The number of benzene rings is 1. The molecule has 0 aliphatic heterocycles. The van der Waals surface area contributed by atoms with Gasteiger partial charge in [-0.1, -0.05) is 25.5 Å². The van der Waals surface area contributed by atoms with Gasteiger partial charge in [0.1, 0.15) is 29.1 Å². The number of allylic oxidation sites excluding steroid dienone is 3. The average Bonchev–Trinajstić information content (AvgIpc) is 2.84. The molecule has 3 aromatic rings. The second-order valence-electron chi connectivity index (χ2n) is 7.73. The second-order valence-corrected chi connectivity index (χ2v) is 7.73. The van der Waals surface area contributed by atoms with Gasteiger partial charge in [-0.3, -0.25) is 4.99 Å².